The van der Waals surface area contributed by atoms with Crippen LogP contribution >= 0.6 is 23.1 Å². The first-order valence-corrected chi connectivity index (χ1v) is 17.1. The second-order valence-electron chi connectivity index (χ2n) is 10.6. The summed E-state index contributed by atoms with van der Waals surface area (Å²) < 4.78 is 6.22. The van der Waals surface area contributed by atoms with Gasteiger partial charge in [0.05, 0.1) is 0 Å². The normalized spacial score (nSPS) is 17.4. The number of anilines is 1. The van der Waals surface area contributed by atoms with E-state index in [0.717, 1.165) is 28.0 Å². The molecule has 0 aliphatic carbocycles. The fraction of sp³-hybridized carbons (Fsp3) is 0.171. The van der Waals surface area contributed by atoms with E-state index in [1.807, 2.05) is 72.8 Å². The Morgan fingerprint density at radius 2 is 1.80 bits per heavy atom. The highest BCUT2D eigenvalue weighted by atomic mass is 32.2. The molecule has 2 aliphatic rings. The number of pyridine rings is 1. The Morgan fingerprint density at radius 3 is 2.45 bits per heavy atom. The van der Waals surface area contributed by atoms with E-state index in [9.17, 15) is 19.2 Å². The smallest absolute Gasteiger partial charge is 0.356 e. The van der Waals surface area contributed by atoms with Crippen molar-refractivity contribution < 1.29 is 28.8 Å². The topological polar surface area (TPSA) is 152 Å². The number of amides is 3. The zero-order valence-corrected chi connectivity index (χ0v) is 27.7. The minimum Gasteiger partial charge on any atom is -0.448 e. The lowest BCUT2D eigenvalue weighted by Gasteiger charge is -2.49. The molecule has 4 aromatic rings. The van der Waals surface area contributed by atoms with Crippen LogP contribution in [-0.2, 0) is 28.8 Å². The van der Waals surface area contributed by atoms with E-state index in [0.29, 0.717) is 17.7 Å². The van der Waals surface area contributed by atoms with Crippen LogP contribution in [0.5, 0.6) is 0 Å². The molecule has 2 atom stereocenters. The third-order valence-corrected chi connectivity index (χ3v) is 9.57. The molecule has 3 amide bonds. The lowest BCUT2D eigenvalue weighted by molar-refractivity contribution is -0.154. The van der Waals surface area contributed by atoms with E-state index in [1.165, 1.54) is 16.7 Å². The number of hydrogen-bond acceptors (Lipinski definition) is 11. The third-order valence-electron chi connectivity index (χ3n) is 7.50. The number of nitrogens with zero attached hydrogens (tertiary/aromatic N) is 4. The molecule has 1 unspecified atom stereocenters. The molecule has 2 aromatic heterocycles. The van der Waals surface area contributed by atoms with Crippen molar-refractivity contribution in [1.29, 1.82) is 0 Å². The van der Waals surface area contributed by atoms with Gasteiger partial charge in [0.15, 0.2) is 16.9 Å². The van der Waals surface area contributed by atoms with E-state index in [-0.39, 0.29) is 28.8 Å². The number of carbonyl (C=O) groups excluding carboxylic acids is 4. The molecule has 0 radical (unpaired) electrons. The minimum absolute atomic E-state index is 0.100. The first-order chi connectivity index (χ1) is 24.0. The Kier molecular flexibility index (Phi) is 10.6. The SMILES string of the molecule is CCON=C(C(=O)NC1C(=O)N2C(C(=O)OC(c3ccccc3)c3ccccc3)=C(C=Cc3cccnc3)CS[C@H]12)c1csc(NC=O)n1. The molecule has 6 rings (SSSR count). The Bertz CT molecular complexity index is 1880. The zero-order chi connectivity index (χ0) is 34.2. The maximum atomic E-state index is 14.2. The van der Waals surface area contributed by atoms with Crippen molar-refractivity contribution in [2.24, 2.45) is 5.16 Å². The number of allylic oxidation sites excluding steroid dienone is 1. The number of oxime groups is 1. The van der Waals surface area contributed by atoms with E-state index in [4.69, 9.17) is 9.57 Å². The summed E-state index contributed by atoms with van der Waals surface area (Å²) in [5.41, 5.74) is 3.05. The number of ether oxygens (including phenoxy) is 1. The number of benzene rings is 2. The maximum Gasteiger partial charge on any atom is 0.356 e. The number of rotatable bonds is 13. The van der Waals surface area contributed by atoms with Crippen LogP contribution in [0.1, 0.15) is 35.4 Å². The van der Waals surface area contributed by atoms with Crippen molar-refractivity contribution in [3.8, 4) is 0 Å². The van der Waals surface area contributed by atoms with Crippen molar-refractivity contribution >= 4 is 64.2 Å². The van der Waals surface area contributed by atoms with Gasteiger partial charge in [-0.05, 0) is 35.3 Å². The molecule has 12 nitrogen and oxygen atoms in total. The predicted octanol–water partition coefficient (Wildman–Crippen LogP) is 4.55. The summed E-state index contributed by atoms with van der Waals surface area (Å²) >= 11 is 2.51. The van der Waals surface area contributed by atoms with Crippen molar-refractivity contribution in [3.63, 3.8) is 0 Å². The lowest BCUT2D eigenvalue weighted by Crippen LogP contribution is -2.71. The van der Waals surface area contributed by atoms with Gasteiger partial charge in [0.2, 0.25) is 6.41 Å². The average molecular weight is 695 g/mol. The van der Waals surface area contributed by atoms with Gasteiger partial charge in [-0.15, -0.1) is 23.1 Å². The number of β-lactam (4-membered cyclic amide) rings is 1. The van der Waals surface area contributed by atoms with Crippen molar-refractivity contribution in [2.75, 3.05) is 17.7 Å². The van der Waals surface area contributed by atoms with Gasteiger partial charge in [-0.3, -0.25) is 24.3 Å². The third kappa shape index (κ3) is 7.45. The molecule has 14 heteroatoms. The van der Waals surface area contributed by atoms with E-state index >= 15 is 0 Å². The van der Waals surface area contributed by atoms with E-state index < -0.39 is 35.3 Å². The maximum absolute atomic E-state index is 14.2. The fourth-order valence-corrected chi connectivity index (χ4v) is 7.19. The summed E-state index contributed by atoms with van der Waals surface area (Å²) in [7, 11) is 0. The lowest BCUT2D eigenvalue weighted by atomic mass is 10.00. The van der Waals surface area contributed by atoms with Crippen LogP contribution in [0.4, 0.5) is 5.13 Å². The van der Waals surface area contributed by atoms with Crippen LogP contribution in [0.15, 0.2) is 113 Å². The van der Waals surface area contributed by atoms with E-state index in [1.54, 1.807) is 36.8 Å². The Morgan fingerprint density at radius 1 is 1.06 bits per heavy atom. The summed E-state index contributed by atoms with van der Waals surface area (Å²) in [4.78, 5) is 67.3. The monoisotopic (exact) mass is 694 g/mol. The first kappa shape index (κ1) is 33.3. The van der Waals surface area contributed by atoms with Crippen LogP contribution in [0, 0.1) is 0 Å². The van der Waals surface area contributed by atoms with Gasteiger partial charge in [0, 0.05) is 23.5 Å². The van der Waals surface area contributed by atoms with Crippen molar-refractivity contribution in [1.82, 2.24) is 20.2 Å². The number of hydrogen-bond donors (Lipinski definition) is 2. The van der Waals surface area contributed by atoms with Gasteiger partial charge >= 0.3 is 5.97 Å². The summed E-state index contributed by atoms with van der Waals surface area (Å²) in [5, 5.41) is 10.3. The molecule has 0 bridgehead atoms. The number of aromatic nitrogens is 2. The second kappa shape index (κ2) is 15.5. The Hall–Kier alpha value is -5.60. The van der Waals surface area contributed by atoms with Gasteiger partial charge in [0.1, 0.15) is 29.4 Å². The number of esters is 1. The largest absolute Gasteiger partial charge is 0.448 e. The molecule has 4 heterocycles. The second-order valence-corrected chi connectivity index (χ2v) is 12.6. The highest BCUT2D eigenvalue weighted by Crippen LogP contribution is 2.42. The van der Waals surface area contributed by atoms with Gasteiger partial charge in [-0.1, -0.05) is 84.0 Å². The van der Waals surface area contributed by atoms with Gasteiger partial charge in [-0.2, -0.15) is 0 Å². The molecule has 248 valence electrons. The molecule has 1 fully saturated rings. The van der Waals surface area contributed by atoms with Crippen LogP contribution in [-0.4, -0.2) is 68.5 Å². The number of thioether (sulfide) groups is 1. The Labute approximate surface area is 289 Å². The number of fused-ring (bicyclic) bond motifs is 1. The molecule has 2 aliphatic heterocycles. The number of thiazole rings is 1. The predicted molar refractivity (Wildman–Crippen MR) is 186 cm³/mol. The van der Waals surface area contributed by atoms with Crippen LogP contribution in [0.2, 0.25) is 0 Å². The molecule has 2 aromatic carbocycles. The standard InChI is InChI=1S/C35H30N6O6S2/c1-2-46-40-27(26-20-49-35(38-26)37-21-42)31(43)39-28-32(44)41-29(25(19-48-33(28)41)16-15-22-10-9-17-36-18-22)34(45)47-30(23-11-5-3-6-12-23)24-13-7-4-8-14-24/h3-18,20-21,28,30,33H,2,19H2,1H3,(H,39,43)(H,37,38,42)/t28?,33-/m1/s1. The molecule has 0 saturated carbocycles. The number of carbonyl (C=O) groups is 4. The summed E-state index contributed by atoms with van der Waals surface area (Å²) in [5.74, 6) is -1.50. The quantitative estimate of drug-likeness (QED) is 0.0675. The molecule has 1 saturated heterocycles. The highest BCUT2D eigenvalue weighted by Gasteiger charge is 2.54. The van der Waals surface area contributed by atoms with Crippen LogP contribution < -0.4 is 10.6 Å². The van der Waals surface area contributed by atoms with Crippen LogP contribution in [0.3, 0.4) is 0 Å². The minimum atomic E-state index is -0.971. The summed E-state index contributed by atoms with van der Waals surface area (Å²) in [6.07, 6.45) is 6.71. The molecular weight excluding hydrogens is 665 g/mol. The molecule has 0 spiro atoms. The highest BCUT2D eigenvalue weighted by molar-refractivity contribution is 8.00. The summed E-state index contributed by atoms with van der Waals surface area (Å²) in [6, 6.07) is 21.5. The van der Waals surface area contributed by atoms with E-state index in [2.05, 4.69) is 25.8 Å². The average Bonchev–Trinajstić information content (AvgIpc) is 3.61. The summed E-state index contributed by atoms with van der Waals surface area (Å²) in [6.45, 7) is 1.90. The molecule has 2 N–H and O–H groups in total. The van der Waals surface area contributed by atoms with Crippen molar-refractivity contribution in [2.45, 2.75) is 24.4 Å². The molecule has 49 heavy (non-hydrogen) atoms. The number of nitrogens with one attached hydrogen (secondary N) is 2. The van der Waals surface area contributed by atoms with Crippen molar-refractivity contribution in [3.05, 3.63) is 130 Å². The van der Waals surface area contributed by atoms with Crippen LogP contribution in [0.25, 0.3) is 6.08 Å². The van der Waals surface area contributed by atoms with Gasteiger partial charge < -0.3 is 20.2 Å². The zero-order valence-electron chi connectivity index (χ0n) is 26.1. The van der Waals surface area contributed by atoms with Gasteiger partial charge in [0.25, 0.3) is 11.8 Å². The Balaban J connectivity index is 1.29. The fourth-order valence-electron chi connectivity index (χ4n) is 5.22. The molecular formula is C35H30N6O6S2. The first-order valence-electron chi connectivity index (χ1n) is 15.2. The van der Waals surface area contributed by atoms with Gasteiger partial charge in [-0.25, -0.2) is 9.78 Å².